The van der Waals surface area contributed by atoms with E-state index in [1.807, 2.05) is 18.2 Å². The molecule has 0 bridgehead atoms. The molecule has 1 aromatic rings. The van der Waals surface area contributed by atoms with E-state index in [9.17, 15) is 4.79 Å². The molecular formula is C22H36N4O. The molecule has 2 fully saturated rings. The lowest BCUT2D eigenvalue weighted by atomic mass is 9.73. The van der Waals surface area contributed by atoms with Crippen LogP contribution in [0.25, 0.3) is 0 Å². The summed E-state index contributed by atoms with van der Waals surface area (Å²) in [4.78, 5) is 23.1. The van der Waals surface area contributed by atoms with Gasteiger partial charge in [-0.25, -0.2) is 0 Å². The Balaban J connectivity index is 1.78. The molecule has 0 saturated carbocycles. The van der Waals surface area contributed by atoms with Gasteiger partial charge in [0.2, 0.25) is 5.78 Å². The molecule has 0 aliphatic carbocycles. The molecule has 0 amide bonds. The number of carbonyl (C=O) groups excluding carboxylic acids is 1. The Labute approximate surface area is 164 Å². The molecule has 3 rings (SSSR count). The van der Waals surface area contributed by atoms with Crippen molar-refractivity contribution in [3.63, 3.8) is 0 Å². The monoisotopic (exact) mass is 372 g/mol. The van der Waals surface area contributed by atoms with Crippen LogP contribution in [0, 0.1) is 5.92 Å². The number of hydrogen-bond donors (Lipinski definition) is 1. The standard InChI is InChI=1S/C22H36N4O/c1-18(2)8-12-25-13-15-26(16-14-25)22(9-11-24-21(3,4)17-22)20(27)19-7-5-6-10-23-19/h5-7,10,18,24H,8-9,11-17H2,1-4H3. The number of piperazine rings is 1. The highest BCUT2D eigenvalue weighted by Gasteiger charge is 2.50. The lowest BCUT2D eigenvalue weighted by molar-refractivity contribution is -0.00197. The van der Waals surface area contributed by atoms with Crippen LogP contribution in [0.5, 0.6) is 0 Å². The maximum atomic E-state index is 13.7. The molecule has 0 spiro atoms. The summed E-state index contributed by atoms with van der Waals surface area (Å²) in [5, 5.41) is 3.59. The molecule has 2 aliphatic rings. The Morgan fingerprint density at radius 1 is 1.22 bits per heavy atom. The van der Waals surface area contributed by atoms with Crippen LogP contribution < -0.4 is 5.32 Å². The summed E-state index contributed by atoms with van der Waals surface area (Å²) in [5.41, 5.74) is 0.127. The summed E-state index contributed by atoms with van der Waals surface area (Å²) < 4.78 is 0. The predicted molar refractivity (Wildman–Crippen MR) is 110 cm³/mol. The van der Waals surface area contributed by atoms with Gasteiger partial charge in [0.15, 0.2) is 0 Å². The van der Waals surface area contributed by atoms with Crippen LogP contribution in [0.1, 0.15) is 57.4 Å². The number of pyridine rings is 1. The van der Waals surface area contributed by atoms with Crippen molar-refractivity contribution in [1.29, 1.82) is 0 Å². The molecule has 2 saturated heterocycles. The van der Waals surface area contributed by atoms with E-state index in [-0.39, 0.29) is 11.3 Å². The van der Waals surface area contributed by atoms with E-state index < -0.39 is 5.54 Å². The van der Waals surface area contributed by atoms with Crippen LogP contribution in [0.2, 0.25) is 0 Å². The van der Waals surface area contributed by atoms with Crippen molar-refractivity contribution in [2.75, 3.05) is 39.3 Å². The van der Waals surface area contributed by atoms with Gasteiger partial charge in [0.25, 0.3) is 0 Å². The molecule has 5 heteroatoms. The average Bonchev–Trinajstić information content (AvgIpc) is 2.66. The van der Waals surface area contributed by atoms with Crippen molar-refractivity contribution in [2.45, 2.75) is 58.0 Å². The van der Waals surface area contributed by atoms with E-state index in [0.717, 1.165) is 51.5 Å². The van der Waals surface area contributed by atoms with E-state index in [0.29, 0.717) is 5.69 Å². The third-order valence-electron chi connectivity index (χ3n) is 6.20. The lowest BCUT2D eigenvalue weighted by Crippen LogP contribution is -2.67. The molecule has 150 valence electrons. The van der Waals surface area contributed by atoms with Gasteiger partial charge >= 0.3 is 0 Å². The molecule has 3 heterocycles. The van der Waals surface area contributed by atoms with Crippen molar-refractivity contribution < 1.29 is 4.79 Å². The van der Waals surface area contributed by atoms with Gasteiger partial charge in [0.1, 0.15) is 5.69 Å². The molecule has 1 N–H and O–H groups in total. The fourth-order valence-electron chi connectivity index (χ4n) is 4.67. The third kappa shape index (κ3) is 4.76. The summed E-state index contributed by atoms with van der Waals surface area (Å²) in [6, 6.07) is 5.67. The highest BCUT2D eigenvalue weighted by molar-refractivity contribution is 6.02. The Bertz CT molecular complexity index is 622. The Morgan fingerprint density at radius 2 is 1.96 bits per heavy atom. The van der Waals surface area contributed by atoms with Crippen LogP contribution >= 0.6 is 0 Å². The van der Waals surface area contributed by atoms with E-state index in [1.165, 1.54) is 13.0 Å². The quantitative estimate of drug-likeness (QED) is 0.778. The normalized spacial score (nSPS) is 27.0. The van der Waals surface area contributed by atoms with Crippen LogP contribution in [0.4, 0.5) is 0 Å². The van der Waals surface area contributed by atoms with Crippen molar-refractivity contribution in [1.82, 2.24) is 20.1 Å². The number of carbonyl (C=O) groups is 1. The van der Waals surface area contributed by atoms with Gasteiger partial charge in [-0.05, 0) is 64.3 Å². The molecule has 1 atom stereocenters. The fourth-order valence-corrected chi connectivity index (χ4v) is 4.67. The number of hydrogen-bond acceptors (Lipinski definition) is 5. The fraction of sp³-hybridized carbons (Fsp3) is 0.727. The summed E-state index contributed by atoms with van der Waals surface area (Å²) >= 11 is 0. The predicted octanol–water partition coefficient (Wildman–Crippen LogP) is 2.83. The summed E-state index contributed by atoms with van der Waals surface area (Å²) in [7, 11) is 0. The Morgan fingerprint density at radius 3 is 2.56 bits per heavy atom. The summed E-state index contributed by atoms with van der Waals surface area (Å²) in [5.74, 6) is 0.943. The number of rotatable bonds is 6. The zero-order valence-electron chi connectivity index (χ0n) is 17.5. The number of ketones is 1. The lowest BCUT2D eigenvalue weighted by Gasteiger charge is -2.52. The molecule has 2 aliphatic heterocycles. The second-order valence-electron chi connectivity index (χ2n) is 9.32. The number of nitrogens with one attached hydrogen (secondary N) is 1. The van der Waals surface area contributed by atoms with Gasteiger partial charge in [0.05, 0.1) is 5.54 Å². The van der Waals surface area contributed by atoms with Crippen molar-refractivity contribution in [2.24, 2.45) is 5.92 Å². The van der Waals surface area contributed by atoms with Crippen LogP contribution in [0.15, 0.2) is 24.4 Å². The number of Topliss-reactive ketones (excluding diaryl/α,β-unsaturated/α-hetero) is 1. The van der Waals surface area contributed by atoms with Gasteiger partial charge < -0.3 is 10.2 Å². The van der Waals surface area contributed by atoms with Gasteiger partial charge in [-0.3, -0.25) is 14.7 Å². The number of piperidine rings is 1. The SMILES string of the molecule is CC(C)CCN1CCN(C2(C(=O)c3ccccn3)CCNC(C)(C)C2)CC1. The van der Waals surface area contributed by atoms with Crippen molar-refractivity contribution >= 4 is 5.78 Å². The van der Waals surface area contributed by atoms with Gasteiger partial charge in [-0.2, -0.15) is 0 Å². The van der Waals surface area contributed by atoms with E-state index in [4.69, 9.17) is 0 Å². The largest absolute Gasteiger partial charge is 0.312 e. The minimum atomic E-state index is -0.437. The van der Waals surface area contributed by atoms with Crippen LogP contribution in [-0.4, -0.2) is 70.9 Å². The maximum absolute atomic E-state index is 13.7. The first kappa shape index (κ1) is 20.4. The average molecular weight is 373 g/mol. The minimum Gasteiger partial charge on any atom is -0.312 e. The van der Waals surface area contributed by atoms with Crippen molar-refractivity contribution in [3.05, 3.63) is 30.1 Å². The van der Waals surface area contributed by atoms with E-state index in [1.54, 1.807) is 6.20 Å². The number of nitrogens with zero attached hydrogens (tertiary/aromatic N) is 3. The molecule has 1 unspecified atom stereocenters. The second-order valence-corrected chi connectivity index (χ2v) is 9.32. The highest BCUT2D eigenvalue weighted by Crippen LogP contribution is 2.36. The molecule has 0 aromatic carbocycles. The molecule has 5 nitrogen and oxygen atoms in total. The summed E-state index contributed by atoms with van der Waals surface area (Å²) in [6.45, 7) is 15.1. The topological polar surface area (TPSA) is 48.5 Å². The minimum absolute atomic E-state index is 0.0442. The molecule has 1 aromatic heterocycles. The van der Waals surface area contributed by atoms with Gasteiger partial charge in [-0.1, -0.05) is 19.9 Å². The third-order valence-corrected chi connectivity index (χ3v) is 6.20. The molecule has 27 heavy (non-hydrogen) atoms. The van der Waals surface area contributed by atoms with Gasteiger partial charge in [-0.15, -0.1) is 0 Å². The Kier molecular flexibility index (Phi) is 6.34. The van der Waals surface area contributed by atoms with E-state index in [2.05, 4.69) is 47.8 Å². The smallest absolute Gasteiger partial charge is 0.201 e. The van der Waals surface area contributed by atoms with E-state index >= 15 is 0 Å². The van der Waals surface area contributed by atoms with Crippen molar-refractivity contribution in [3.8, 4) is 0 Å². The first-order chi connectivity index (χ1) is 12.8. The zero-order chi connectivity index (χ0) is 19.5. The highest BCUT2D eigenvalue weighted by atomic mass is 16.1. The summed E-state index contributed by atoms with van der Waals surface area (Å²) in [6.07, 6.45) is 4.67. The zero-order valence-corrected chi connectivity index (χ0v) is 17.5. The van der Waals surface area contributed by atoms with Crippen LogP contribution in [-0.2, 0) is 0 Å². The van der Waals surface area contributed by atoms with Crippen LogP contribution in [0.3, 0.4) is 0 Å². The maximum Gasteiger partial charge on any atom is 0.201 e. The number of aromatic nitrogens is 1. The second kappa shape index (κ2) is 8.38. The first-order valence-corrected chi connectivity index (χ1v) is 10.5. The first-order valence-electron chi connectivity index (χ1n) is 10.5. The Hall–Kier alpha value is -1.30. The molecular weight excluding hydrogens is 336 g/mol. The van der Waals surface area contributed by atoms with Gasteiger partial charge in [0, 0.05) is 37.9 Å². The molecule has 0 radical (unpaired) electrons.